The van der Waals surface area contributed by atoms with Gasteiger partial charge in [0.1, 0.15) is 11.6 Å². The Balaban J connectivity index is 1.62. The molecule has 3 rings (SSSR count). The molecule has 1 heterocycles. The van der Waals surface area contributed by atoms with Crippen molar-refractivity contribution in [1.29, 1.82) is 0 Å². The average Bonchev–Trinajstić information content (AvgIpc) is 2.97. The number of carbonyl (C=O) groups excluding carboxylic acids is 2. The highest BCUT2D eigenvalue weighted by Gasteiger charge is 2.21. The molecule has 0 unspecified atom stereocenters. The molecule has 6 heteroatoms. The van der Waals surface area contributed by atoms with Crippen molar-refractivity contribution in [3.63, 3.8) is 0 Å². The Kier molecular flexibility index (Phi) is 5.02. The number of H-pyrrole nitrogens is 1. The molecule has 1 atom stereocenters. The van der Waals surface area contributed by atoms with Crippen LogP contribution in [0.15, 0.2) is 48.5 Å². The first kappa shape index (κ1) is 17.7. The minimum Gasteiger partial charge on any atom is -0.479 e. The fourth-order valence-electron chi connectivity index (χ4n) is 2.73. The summed E-state index contributed by atoms with van der Waals surface area (Å²) < 4.78 is 23.4. The summed E-state index contributed by atoms with van der Waals surface area (Å²) in [6, 6.07) is 12.7. The van der Waals surface area contributed by atoms with Gasteiger partial charge >= 0.3 is 5.97 Å². The smallest absolute Gasteiger partial charge is 0.347 e. The lowest BCUT2D eigenvalue weighted by atomic mass is 10.1. The molecule has 0 aliphatic rings. The van der Waals surface area contributed by atoms with E-state index < -0.39 is 17.9 Å². The zero-order chi connectivity index (χ0) is 18.7. The van der Waals surface area contributed by atoms with E-state index in [4.69, 9.17) is 9.47 Å². The Morgan fingerprint density at radius 3 is 2.54 bits per heavy atom. The standard InChI is InChI=1S/C20H18FNO4/c1-12-19(16-5-3-4-6-17(16)22-12)18(23)11-25-20(24)13(2)26-15-9-7-14(21)8-10-15/h3-10,13,22H,11H2,1-2H3/t13-/m0/s1. The third-order valence-corrected chi connectivity index (χ3v) is 3.98. The molecule has 1 N–H and O–H groups in total. The van der Waals surface area contributed by atoms with E-state index in [1.54, 1.807) is 6.92 Å². The lowest BCUT2D eigenvalue weighted by Crippen LogP contribution is -2.28. The number of Topliss-reactive ketones (excluding diaryl/α,β-unsaturated/α-hetero) is 1. The van der Waals surface area contributed by atoms with Crippen LogP contribution in [0.3, 0.4) is 0 Å². The van der Waals surface area contributed by atoms with Crippen molar-refractivity contribution in [2.24, 2.45) is 0 Å². The summed E-state index contributed by atoms with van der Waals surface area (Å²) in [4.78, 5) is 27.7. The summed E-state index contributed by atoms with van der Waals surface area (Å²) in [6.45, 7) is 2.93. The van der Waals surface area contributed by atoms with Crippen molar-refractivity contribution in [3.05, 3.63) is 65.6 Å². The van der Waals surface area contributed by atoms with Crippen molar-refractivity contribution in [2.75, 3.05) is 6.61 Å². The van der Waals surface area contributed by atoms with Crippen LogP contribution in [0.4, 0.5) is 4.39 Å². The van der Waals surface area contributed by atoms with Gasteiger partial charge in [0.2, 0.25) is 5.78 Å². The molecule has 134 valence electrons. The Bertz CT molecular complexity index is 946. The second kappa shape index (κ2) is 7.39. The summed E-state index contributed by atoms with van der Waals surface area (Å²) in [6.07, 6.45) is -0.919. The van der Waals surface area contributed by atoms with Gasteiger partial charge in [-0.05, 0) is 44.2 Å². The number of esters is 1. The predicted molar refractivity (Wildman–Crippen MR) is 94.8 cm³/mol. The molecule has 0 radical (unpaired) electrons. The van der Waals surface area contributed by atoms with Crippen LogP contribution >= 0.6 is 0 Å². The van der Waals surface area contributed by atoms with Gasteiger partial charge in [-0.25, -0.2) is 9.18 Å². The molecule has 1 aromatic heterocycles. The number of aromatic amines is 1. The first-order valence-corrected chi connectivity index (χ1v) is 8.15. The Morgan fingerprint density at radius 2 is 1.81 bits per heavy atom. The van der Waals surface area contributed by atoms with Crippen molar-refractivity contribution >= 4 is 22.7 Å². The Labute approximate surface area is 149 Å². The second-order valence-corrected chi connectivity index (χ2v) is 5.92. The van der Waals surface area contributed by atoms with Crippen LogP contribution in [0, 0.1) is 12.7 Å². The number of hydrogen-bond acceptors (Lipinski definition) is 4. The summed E-state index contributed by atoms with van der Waals surface area (Å²) in [5.41, 5.74) is 2.09. The van der Waals surface area contributed by atoms with Crippen LogP contribution in [-0.2, 0) is 9.53 Å². The van der Waals surface area contributed by atoms with Gasteiger partial charge in [0.15, 0.2) is 12.7 Å². The number of benzene rings is 2. The number of rotatable bonds is 6. The number of carbonyl (C=O) groups is 2. The van der Waals surface area contributed by atoms with Crippen LogP contribution in [0.25, 0.3) is 10.9 Å². The van der Waals surface area contributed by atoms with E-state index >= 15 is 0 Å². The van der Waals surface area contributed by atoms with Gasteiger partial charge in [-0.1, -0.05) is 18.2 Å². The number of ketones is 1. The number of nitrogens with one attached hydrogen (secondary N) is 1. The summed E-state index contributed by atoms with van der Waals surface area (Å²) in [7, 11) is 0. The second-order valence-electron chi connectivity index (χ2n) is 5.92. The molecule has 0 bridgehead atoms. The van der Waals surface area contributed by atoms with Crippen LogP contribution in [0.2, 0.25) is 0 Å². The topological polar surface area (TPSA) is 68.4 Å². The number of aromatic nitrogens is 1. The van der Waals surface area contributed by atoms with E-state index in [0.717, 1.165) is 16.6 Å². The van der Waals surface area contributed by atoms with Gasteiger partial charge in [0.25, 0.3) is 0 Å². The number of fused-ring (bicyclic) bond motifs is 1. The highest BCUT2D eigenvalue weighted by molar-refractivity contribution is 6.10. The van der Waals surface area contributed by atoms with Crippen LogP contribution < -0.4 is 4.74 Å². The molecule has 0 fully saturated rings. The minimum absolute atomic E-state index is 0.290. The molecular weight excluding hydrogens is 337 g/mol. The molecule has 0 saturated heterocycles. The van der Waals surface area contributed by atoms with Gasteiger partial charge in [-0.2, -0.15) is 0 Å². The maximum Gasteiger partial charge on any atom is 0.347 e. The first-order valence-electron chi connectivity index (χ1n) is 8.15. The lowest BCUT2D eigenvalue weighted by molar-refractivity contribution is -0.149. The number of ether oxygens (including phenoxy) is 2. The van der Waals surface area contributed by atoms with Crippen molar-refractivity contribution in [2.45, 2.75) is 20.0 Å². The van der Waals surface area contributed by atoms with Gasteiger partial charge in [-0.3, -0.25) is 4.79 Å². The highest BCUT2D eigenvalue weighted by Crippen LogP contribution is 2.22. The summed E-state index contributed by atoms with van der Waals surface area (Å²) in [5.74, 6) is -1.01. The van der Waals surface area contributed by atoms with Crippen molar-refractivity contribution < 1.29 is 23.5 Å². The highest BCUT2D eigenvalue weighted by atomic mass is 19.1. The third-order valence-electron chi connectivity index (χ3n) is 3.98. The number of para-hydroxylation sites is 1. The van der Waals surface area contributed by atoms with E-state index in [1.165, 1.54) is 31.2 Å². The fourth-order valence-corrected chi connectivity index (χ4v) is 2.73. The monoisotopic (exact) mass is 355 g/mol. The zero-order valence-corrected chi connectivity index (χ0v) is 14.4. The van der Waals surface area contributed by atoms with E-state index in [2.05, 4.69) is 4.98 Å². The van der Waals surface area contributed by atoms with E-state index in [1.807, 2.05) is 24.3 Å². The van der Waals surface area contributed by atoms with Gasteiger partial charge in [0.05, 0.1) is 0 Å². The number of halogens is 1. The molecule has 0 aliphatic heterocycles. The van der Waals surface area contributed by atoms with Crippen LogP contribution in [-0.4, -0.2) is 29.4 Å². The van der Waals surface area contributed by atoms with E-state index in [9.17, 15) is 14.0 Å². The molecule has 0 amide bonds. The number of aryl methyl sites for hydroxylation is 1. The maximum absolute atomic E-state index is 12.9. The van der Waals surface area contributed by atoms with E-state index in [0.29, 0.717) is 11.3 Å². The maximum atomic E-state index is 12.9. The summed E-state index contributed by atoms with van der Waals surface area (Å²) >= 11 is 0. The zero-order valence-electron chi connectivity index (χ0n) is 14.4. The predicted octanol–water partition coefficient (Wildman–Crippen LogP) is 3.81. The van der Waals surface area contributed by atoms with Gasteiger partial charge < -0.3 is 14.5 Å². The van der Waals surface area contributed by atoms with Crippen molar-refractivity contribution in [1.82, 2.24) is 4.98 Å². The quantitative estimate of drug-likeness (QED) is 0.539. The normalized spacial score (nSPS) is 12.0. The largest absolute Gasteiger partial charge is 0.479 e. The molecule has 0 aliphatic carbocycles. The van der Waals surface area contributed by atoms with Crippen LogP contribution in [0.1, 0.15) is 23.0 Å². The average molecular weight is 355 g/mol. The SMILES string of the molecule is Cc1[nH]c2ccccc2c1C(=O)COC(=O)[C@H](C)Oc1ccc(F)cc1. The van der Waals surface area contributed by atoms with E-state index in [-0.39, 0.29) is 12.4 Å². The lowest BCUT2D eigenvalue weighted by Gasteiger charge is -2.13. The van der Waals surface area contributed by atoms with Crippen molar-refractivity contribution in [3.8, 4) is 5.75 Å². The fraction of sp³-hybridized carbons (Fsp3) is 0.200. The molecular formula is C20H18FNO4. The molecule has 0 saturated carbocycles. The summed E-state index contributed by atoms with van der Waals surface area (Å²) in [5, 5.41) is 0.793. The third kappa shape index (κ3) is 3.74. The van der Waals surface area contributed by atoms with Gasteiger partial charge in [-0.15, -0.1) is 0 Å². The van der Waals surface area contributed by atoms with Crippen LogP contribution in [0.5, 0.6) is 5.75 Å². The first-order chi connectivity index (χ1) is 12.5. The Morgan fingerprint density at radius 1 is 1.12 bits per heavy atom. The molecule has 5 nitrogen and oxygen atoms in total. The molecule has 2 aromatic carbocycles. The minimum atomic E-state index is -0.919. The molecule has 0 spiro atoms. The molecule has 26 heavy (non-hydrogen) atoms. The molecule has 3 aromatic rings. The number of hydrogen-bond donors (Lipinski definition) is 1. The Hall–Kier alpha value is -3.15. The van der Waals surface area contributed by atoms with Gasteiger partial charge in [0, 0.05) is 22.2 Å².